The van der Waals surface area contributed by atoms with Gasteiger partial charge in [0.05, 0.1) is 33.7 Å². The highest BCUT2D eigenvalue weighted by Gasteiger charge is 2.15. The number of para-hydroxylation sites is 4. The van der Waals surface area contributed by atoms with E-state index >= 15 is 0 Å². The summed E-state index contributed by atoms with van der Waals surface area (Å²) in [5.74, 6) is 0. The zero-order valence-electron chi connectivity index (χ0n) is 24.9. The Balaban J connectivity index is 1.24. The second-order valence-corrected chi connectivity index (χ2v) is 11.7. The van der Waals surface area contributed by atoms with E-state index in [0.29, 0.717) is 5.56 Å². The fraction of sp³-hybridized carbons (Fsp3) is 0. The molecule has 0 unspecified atom stereocenters. The summed E-state index contributed by atoms with van der Waals surface area (Å²) in [4.78, 5) is 0. The van der Waals surface area contributed by atoms with Gasteiger partial charge >= 0.3 is 0 Å². The van der Waals surface area contributed by atoms with Crippen molar-refractivity contribution in [1.82, 2.24) is 9.13 Å². The Morgan fingerprint density at radius 2 is 0.717 bits per heavy atom. The van der Waals surface area contributed by atoms with Gasteiger partial charge in [0.15, 0.2) is 0 Å². The van der Waals surface area contributed by atoms with Crippen LogP contribution in [-0.4, -0.2) is 9.13 Å². The van der Waals surface area contributed by atoms with Crippen LogP contribution in [0.2, 0.25) is 0 Å². The fourth-order valence-electron chi connectivity index (χ4n) is 7.02. The molecule has 0 bridgehead atoms. The van der Waals surface area contributed by atoms with Gasteiger partial charge in [-0.1, -0.05) is 97.1 Å². The van der Waals surface area contributed by atoms with Crippen molar-refractivity contribution in [1.29, 1.82) is 5.26 Å². The van der Waals surface area contributed by atoms with Crippen molar-refractivity contribution in [3.05, 3.63) is 169 Å². The van der Waals surface area contributed by atoms with E-state index in [1.165, 1.54) is 43.6 Å². The average Bonchev–Trinajstić information content (AvgIpc) is 3.65. The molecule has 0 amide bonds. The summed E-state index contributed by atoms with van der Waals surface area (Å²) in [5, 5.41) is 14.4. The van der Waals surface area contributed by atoms with Gasteiger partial charge in [0.25, 0.3) is 0 Å². The molecule has 0 N–H and O–H groups in total. The van der Waals surface area contributed by atoms with Crippen LogP contribution in [0.1, 0.15) is 5.56 Å². The van der Waals surface area contributed by atoms with Crippen LogP contribution in [0.5, 0.6) is 0 Å². The minimum atomic E-state index is 0.656. The lowest BCUT2D eigenvalue weighted by atomic mass is 9.97. The molecule has 2 heterocycles. The number of fused-ring (bicyclic) bond motifs is 6. The summed E-state index contributed by atoms with van der Waals surface area (Å²) < 4.78 is 4.72. The minimum absolute atomic E-state index is 0.656. The maximum atomic E-state index is 9.41. The van der Waals surface area contributed by atoms with Gasteiger partial charge in [-0.15, -0.1) is 0 Å². The van der Waals surface area contributed by atoms with E-state index < -0.39 is 0 Å². The SMILES string of the molecule is N#Cc1ccc(-c2cc(-c3ccc(-n4c5ccccc5c5ccccc54)cc3)cc(-n3c4ccccc4c4ccccc43)c2)cc1. The molecule has 0 atom stereocenters. The fourth-order valence-corrected chi connectivity index (χ4v) is 7.02. The largest absolute Gasteiger partial charge is 0.309 e. The molecule has 0 aliphatic carbocycles. The van der Waals surface area contributed by atoms with Gasteiger partial charge < -0.3 is 9.13 Å². The summed E-state index contributed by atoms with van der Waals surface area (Å²) in [6.45, 7) is 0. The van der Waals surface area contributed by atoms with Crippen molar-refractivity contribution >= 4 is 43.6 Å². The third kappa shape index (κ3) is 4.05. The lowest BCUT2D eigenvalue weighted by Gasteiger charge is -2.15. The zero-order chi connectivity index (χ0) is 30.6. The summed E-state index contributed by atoms with van der Waals surface area (Å²) in [7, 11) is 0. The van der Waals surface area contributed by atoms with Crippen LogP contribution >= 0.6 is 0 Å². The van der Waals surface area contributed by atoms with Gasteiger partial charge in [0, 0.05) is 32.9 Å². The number of benzene rings is 7. The molecule has 0 fully saturated rings. The molecule has 7 aromatic carbocycles. The molecular formula is C43H27N3. The molecule has 0 aliphatic heterocycles. The zero-order valence-corrected chi connectivity index (χ0v) is 24.9. The van der Waals surface area contributed by atoms with Crippen LogP contribution in [0.25, 0.3) is 77.2 Å². The predicted molar refractivity (Wildman–Crippen MR) is 191 cm³/mol. The highest BCUT2D eigenvalue weighted by Crippen LogP contribution is 2.37. The van der Waals surface area contributed by atoms with Crippen LogP contribution in [0.15, 0.2) is 164 Å². The third-order valence-corrected chi connectivity index (χ3v) is 9.14. The first-order valence-electron chi connectivity index (χ1n) is 15.5. The average molecular weight is 586 g/mol. The Bertz CT molecular complexity index is 2520. The summed E-state index contributed by atoms with van der Waals surface area (Å²) in [6, 6.07) is 60.3. The van der Waals surface area contributed by atoms with Crippen molar-refractivity contribution in [2.24, 2.45) is 0 Å². The lowest BCUT2D eigenvalue weighted by Crippen LogP contribution is -1.96. The smallest absolute Gasteiger partial charge is 0.0991 e. The standard InChI is InChI=1S/C43H27N3/c44-28-29-17-19-30(20-18-29)32-25-33(27-35(26-32)46-42-15-7-3-11-38(42)39-12-4-8-16-43(39)46)31-21-23-34(24-22-31)45-40-13-5-1-9-36(40)37-10-2-6-14-41(37)45/h1-27H. The second-order valence-electron chi connectivity index (χ2n) is 11.7. The summed E-state index contributed by atoms with van der Waals surface area (Å²) in [6.07, 6.45) is 0. The number of aromatic nitrogens is 2. The number of hydrogen-bond donors (Lipinski definition) is 0. The van der Waals surface area contributed by atoms with Crippen LogP contribution in [0.3, 0.4) is 0 Å². The molecule has 0 radical (unpaired) electrons. The normalized spacial score (nSPS) is 11.5. The Kier molecular flexibility index (Phi) is 5.88. The first kappa shape index (κ1) is 26.1. The second kappa shape index (κ2) is 10.4. The monoisotopic (exact) mass is 585 g/mol. The molecule has 3 heteroatoms. The maximum absolute atomic E-state index is 9.41. The van der Waals surface area contributed by atoms with Crippen molar-refractivity contribution in [2.75, 3.05) is 0 Å². The number of nitrogens with zero attached hydrogens (tertiary/aromatic N) is 3. The van der Waals surface area contributed by atoms with Crippen LogP contribution in [-0.2, 0) is 0 Å². The highest BCUT2D eigenvalue weighted by atomic mass is 15.0. The minimum Gasteiger partial charge on any atom is -0.309 e. The highest BCUT2D eigenvalue weighted by molar-refractivity contribution is 6.10. The van der Waals surface area contributed by atoms with E-state index in [-0.39, 0.29) is 0 Å². The Morgan fingerprint density at radius 3 is 1.13 bits per heavy atom. The number of hydrogen-bond acceptors (Lipinski definition) is 1. The first-order valence-corrected chi connectivity index (χ1v) is 15.5. The predicted octanol–water partition coefficient (Wildman–Crippen LogP) is 11.1. The molecule has 0 spiro atoms. The summed E-state index contributed by atoms with van der Waals surface area (Å²) >= 11 is 0. The molecule has 2 aromatic heterocycles. The van der Waals surface area contributed by atoms with E-state index in [9.17, 15) is 5.26 Å². The van der Waals surface area contributed by atoms with Gasteiger partial charge in [-0.2, -0.15) is 5.26 Å². The third-order valence-electron chi connectivity index (χ3n) is 9.14. The van der Waals surface area contributed by atoms with Gasteiger partial charge in [-0.3, -0.25) is 0 Å². The van der Waals surface area contributed by atoms with Crippen LogP contribution < -0.4 is 0 Å². The van der Waals surface area contributed by atoms with E-state index in [2.05, 4.69) is 155 Å². The van der Waals surface area contributed by atoms with Gasteiger partial charge in [0.1, 0.15) is 0 Å². The molecule has 9 aromatic rings. The first-order chi connectivity index (χ1) is 22.8. The van der Waals surface area contributed by atoms with E-state index in [1.807, 2.05) is 24.3 Å². The van der Waals surface area contributed by atoms with Crippen LogP contribution in [0.4, 0.5) is 0 Å². The maximum Gasteiger partial charge on any atom is 0.0991 e. The molecule has 214 valence electrons. The lowest BCUT2D eigenvalue weighted by molar-refractivity contribution is 1.18. The van der Waals surface area contributed by atoms with E-state index in [0.717, 1.165) is 33.6 Å². The van der Waals surface area contributed by atoms with Crippen molar-refractivity contribution in [3.63, 3.8) is 0 Å². The van der Waals surface area contributed by atoms with Crippen molar-refractivity contribution in [3.8, 4) is 39.7 Å². The Hall–Kier alpha value is -6.37. The Morgan fingerprint density at radius 1 is 0.348 bits per heavy atom. The molecular weight excluding hydrogens is 558 g/mol. The van der Waals surface area contributed by atoms with Crippen molar-refractivity contribution < 1.29 is 0 Å². The van der Waals surface area contributed by atoms with E-state index in [4.69, 9.17) is 0 Å². The molecule has 46 heavy (non-hydrogen) atoms. The van der Waals surface area contributed by atoms with Gasteiger partial charge in [-0.05, 0) is 89.0 Å². The van der Waals surface area contributed by atoms with Gasteiger partial charge in [-0.25, -0.2) is 0 Å². The molecule has 0 saturated heterocycles. The molecule has 0 aliphatic rings. The molecule has 0 saturated carbocycles. The van der Waals surface area contributed by atoms with Crippen molar-refractivity contribution in [2.45, 2.75) is 0 Å². The molecule has 3 nitrogen and oxygen atoms in total. The van der Waals surface area contributed by atoms with Crippen LogP contribution in [0, 0.1) is 11.3 Å². The van der Waals surface area contributed by atoms with E-state index in [1.54, 1.807) is 0 Å². The number of nitriles is 1. The molecule has 9 rings (SSSR count). The quantitative estimate of drug-likeness (QED) is 0.202. The Labute approximate surface area is 266 Å². The number of rotatable bonds is 4. The summed E-state index contributed by atoms with van der Waals surface area (Å²) in [5.41, 5.74) is 12.1. The van der Waals surface area contributed by atoms with Gasteiger partial charge in [0.2, 0.25) is 0 Å². The topological polar surface area (TPSA) is 33.6 Å².